The van der Waals surface area contributed by atoms with E-state index in [1.807, 2.05) is 24.3 Å². The topological polar surface area (TPSA) is 91.4 Å². The first-order chi connectivity index (χ1) is 11.7. The minimum atomic E-state index is -0.365. The van der Waals surface area contributed by atoms with Gasteiger partial charge < -0.3 is 14.6 Å². The molecule has 2 aromatic rings. The summed E-state index contributed by atoms with van der Waals surface area (Å²) >= 11 is 0. The highest BCUT2D eigenvalue weighted by atomic mass is 16.6. The van der Waals surface area contributed by atoms with Crippen molar-refractivity contribution in [1.82, 2.24) is 5.16 Å². The lowest BCUT2D eigenvalue weighted by atomic mass is 9.97. The van der Waals surface area contributed by atoms with Gasteiger partial charge in [-0.15, -0.1) is 0 Å². The van der Waals surface area contributed by atoms with Gasteiger partial charge in [-0.25, -0.2) is 4.79 Å². The third kappa shape index (κ3) is 2.56. The highest BCUT2D eigenvalue weighted by Crippen LogP contribution is 2.47. The van der Waals surface area contributed by atoms with Gasteiger partial charge in [0.25, 0.3) is 0 Å². The molecule has 1 saturated heterocycles. The lowest BCUT2D eigenvalue weighted by molar-refractivity contribution is 0.147. The number of carbonyl (C=O) groups is 1. The third-order valence-corrected chi connectivity index (χ3v) is 4.52. The van der Waals surface area contributed by atoms with Crippen molar-refractivity contribution < 1.29 is 14.1 Å². The zero-order valence-corrected chi connectivity index (χ0v) is 12.9. The molecule has 1 atom stereocenters. The molecule has 1 aliphatic heterocycles. The van der Waals surface area contributed by atoms with Gasteiger partial charge in [-0.2, -0.15) is 5.26 Å². The van der Waals surface area contributed by atoms with E-state index in [1.165, 1.54) is 6.26 Å². The van der Waals surface area contributed by atoms with Crippen LogP contribution in [0.1, 0.15) is 18.4 Å². The second-order valence-corrected chi connectivity index (χ2v) is 6.12. The van der Waals surface area contributed by atoms with Crippen LogP contribution in [0.15, 0.2) is 41.1 Å². The van der Waals surface area contributed by atoms with Crippen molar-refractivity contribution in [3.8, 4) is 6.07 Å². The van der Waals surface area contributed by atoms with Crippen LogP contribution in [0, 0.1) is 11.3 Å². The number of hydrogen-bond donors (Lipinski definition) is 1. The van der Waals surface area contributed by atoms with E-state index in [-0.39, 0.29) is 17.6 Å². The SMILES string of the molecule is N#CC1(c2ccc(N3C[C@H](CNc4ccon4)OC3=O)cc2)CC1. The van der Waals surface area contributed by atoms with Crippen LogP contribution in [0.4, 0.5) is 16.3 Å². The molecule has 7 heteroatoms. The highest BCUT2D eigenvalue weighted by molar-refractivity contribution is 5.89. The summed E-state index contributed by atoms with van der Waals surface area (Å²) in [5, 5.41) is 16.1. The summed E-state index contributed by atoms with van der Waals surface area (Å²) < 4.78 is 10.1. The number of hydrogen-bond acceptors (Lipinski definition) is 6. The predicted octanol–water partition coefficient (Wildman–Crippen LogP) is 2.67. The predicted molar refractivity (Wildman–Crippen MR) is 85.6 cm³/mol. The van der Waals surface area contributed by atoms with Gasteiger partial charge in [-0.1, -0.05) is 17.3 Å². The molecular formula is C17H16N4O3. The number of cyclic esters (lactones) is 1. The summed E-state index contributed by atoms with van der Waals surface area (Å²) in [4.78, 5) is 13.7. The summed E-state index contributed by atoms with van der Waals surface area (Å²) in [6, 6.07) is 11.7. The monoisotopic (exact) mass is 324 g/mol. The molecule has 4 rings (SSSR count). The molecule has 0 bridgehead atoms. The Kier molecular flexibility index (Phi) is 3.38. The average Bonchev–Trinajstić information content (AvgIpc) is 3.06. The first-order valence-electron chi connectivity index (χ1n) is 7.84. The Labute approximate surface area is 138 Å². The van der Waals surface area contributed by atoms with Crippen molar-refractivity contribution in [3.63, 3.8) is 0 Å². The van der Waals surface area contributed by atoms with Crippen LogP contribution in [-0.2, 0) is 10.2 Å². The molecule has 2 aliphatic rings. The van der Waals surface area contributed by atoms with Crippen LogP contribution in [-0.4, -0.2) is 30.4 Å². The van der Waals surface area contributed by atoms with Crippen molar-refractivity contribution in [2.75, 3.05) is 23.3 Å². The Morgan fingerprint density at radius 2 is 2.12 bits per heavy atom. The molecule has 7 nitrogen and oxygen atoms in total. The number of nitriles is 1. The van der Waals surface area contributed by atoms with Crippen LogP contribution < -0.4 is 10.2 Å². The van der Waals surface area contributed by atoms with Crippen molar-refractivity contribution in [3.05, 3.63) is 42.2 Å². The molecule has 122 valence electrons. The van der Waals surface area contributed by atoms with Gasteiger partial charge in [0, 0.05) is 11.8 Å². The quantitative estimate of drug-likeness (QED) is 0.909. The second-order valence-electron chi connectivity index (χ2n) is 6.12. The van der Waals surface area contributed by atoms with Crippen LogP contribution in [0.2, 0.25) is 0 Å². The zero-order valence-electron chi connectivity index (χ0n) is 12.9. The first-order valence-corrected chi connectivity index (χ1v) is 7.84. The maximum Gasteiger partial charge on any atom is 0.414 e. The maximum atomic E-state index is 12.1. The van der Waals surface area contributed by atoms with Crippen molar-refractivity contribution in [2.24, 2.45) is 0 Å². The van der Waals surface area contributed by atoms with E-state index in [2.05, 4.69) is 16.5 Å². The number of rotatable bonds is 5. The molecule has 24 heavy (non-hydrogen) atoms. The second kappa shape index (κ2) is 5.57. The van der Waals surface area contributed by atoms with Gasteiger partial charge in [-0.05, 0) is 30.5 Å². The lowest BCUT2D eigenvalue weighted by Gasteiger charge is -2.14. The van der Waals surface area contributed by atoms with E-state index in [0.29, 0.717) is 18.9 Å². The van der Waals surface area contributed by atoms with E-state index in [9.17, 15) is 10.1 Å². The molecule has 2 fully saturated rings. The minimum absolute atomic E-state index is 0.261. The molecule has 2 heterocycles. The smallest absolute Gasteiger partial charge is 0.414 e. The molecular weight excluding hydrogens is 308 g/mol. The molecule has 1 aromatic carbocycles. The van der Waals surface area contributed by atoms with E-state index in [0.717, 1.165) is 24.1 Å². The summed E-state index contributed by atoms with van der Waals surface area (Å²) in [5.74, 6) is 0.611. The Balaban J connectivity index is 1.41. The first kappa shape index (κ1) is 14.6. The largest absolute Gasteiger partial charge is 0.442 e. The Morgan fingerprint density at radius 1 is 1.33 bits per heavy atom. The number of carbonyl (C=O) groups excluding carboxylic acids is 1. The number of ether oxygens (including phenoxy) is 1. The van der Waals surface area contributed by atoms with Gasteiger partial charge in [0.2, 0.25) is 0 Å². The van der Waals surface area contributed by atoms with E-state index in [4.69, 9.17) is 9.26 Å². The van der Waals surface area contributed by atoms with Gasteiger partial charge in [0.05, 0.1) is 24.6 Å². The average molecular weight is 324 g/mol. The molecule has 1 amide bonds. The lowest BCUT2D eigenvalue weighted by Crippen LogP contribution is -2.27. The number of nitrogens with one attached hydrogen (secondary N) is 1. The highest BCUT2D eigenvalue weighted by Gasteiger charge is 2.44. The number of anilines is 2. The number of aromatic nitrogens is 1. The summed E-state index contributed by atoms with van der Waals surface area (Å²) in [6.07, 6.45) is 2.67. The van der Waals surface area contributed by atoms with Gasteiger partial charge in [0.1, 0.15) is 12.4 Å². The van der Waals surface area contributed by atoms with Gasteiger partial charge >= 0.3 is 6.09 Å². The van der Waals surface area contributed by atoms with E-state index < -0.39 is 0 Å². The van der Waals surface area contributed by atoms with E-state index in [1.54, 1.807) is 11.0 Å². The number of nitrogens with zero attached hydrogens (tertiary/aromatic N) is 3. The summed E-state index contributed by atoms with van der Waals surface area (Å²) in [6.45, 7) is 0.927. The van der Waals surface area contributed by atoms with Crippen LogP contribution >= 0.6 is 0 Å². The fraction of sp³-hybridized carbons (Fsp3) is 0.353. The van der Waals surface area contributed by atoms with Crippen molar-refractivity contribution >= 4 is 17.6 Å². The minimum Gasteiger partial charge on any atom is -0.442 e. The van der Waals surface area contributed by atoms with E-state index >= 15 is 0 Å². The summed E-state index contributed by atoms with van der Waals surface area (Å²) in [5.41, 5.74) is 1.49. The normalized spacial score (nSPS) is 21.2. The fourth-order valence-corrected chi connectivity index (χ4v) is 2.91. The Bertz CT molecular complexity index is 775. The van der Waals surface area contributed by atoms with Crippen LogP contribution in [0.3, 0.4) is 0 Å². The Hall–Kier alpha value is -3.01. The molecule has 1 N–H and O–H groups in total. The molecule has 0 unspecified atom stereocenters. The standard InChI is InChI=1S/C17H16N4O3/c18-11-17(6-7-17)12-1-3-13(4-2-12)21-10-14(24-16(21)22)9-19-15-5-8-23-20-15/h1-5,8,14H,6-7,9-10H2,(H,19,20)/t14-/m0/s1. The maximum absolute atomic E-state index is 12.1. The van der Waals surface area contributed by atoms with Crippen LogP contribution in [0.5, 0.6) is 0 Å². The molecule has 1 aromatic heterocycles. The van der Waals surface area contributed by atoms with Crippen LogP contribution in [0.25, 0.3) is 0 Å². The molecule has 1 aliphatic carbocycles. The Morgan fingerprint density at radius 3 is 2.75 bits per heavy atom. The van der Waals surface area contributed by atoms with Gasteiger partial charge in [0.15, 0.2) is 5.82 Å². The molecule has 1 saturated carbocycles. The number of benzene rings is 1. The zero-order chi connectivity index (χ0) is 16.6. The summed E-state index contributed by atoms with van der Waals surface area (Å²) in [7, 11) is 0. The molecule has 0 radical (unpaired) electrons. The molecule has 0 spiro atoms. The third-order valence-electron chi connectivity index (χ3n) is 4.52. The van der Waals surface area contributed by atoms with Gasteiger partial charge in [-0.3, -0.25) is 4.90 Å². The fourth-order valence-electron chi connectivity index (χ4n) is 2.91. The van der Waals surface area contributed by atoms with Crippen molar-refractivity contribution in [1.29, 1.82) is 5.26 Å². The van der Waals surface area contributed by atoms with Crippen molar-refractivity contribution in [2.45, 2.75) is 24.4 Å². The number of amides is 1.